The Morgan fingerprint density at radius 3 is 2.74 bits per heavy atom. The van der Waals surface area contributed by atoms with Crippen LogP contribution in [0.15, 0.2) is 35.7 Å². The van der Waals surface area contributed by atoms with Crippen LogP contribution in [-0.4, -0.2) is 5.91 Å². The van der Waals surface area contributed by atoms with Crippen LogP contribution in [0.2, 0.25) is 10.0 Å². The maximum absolute atomic E-state index is 11.9. The molecule has 0 bridgehead atoms. The summed E-state index contributed by atoms with van der Waals surface area (Å²) in [6, 6.07) is 9.18. The van der Waals surface area contributed by atoms with Crippen molar-refractivity contribution in [2.45, 2.75) is 19.4 Å². The summed E-state index contributed by atoms with van der Waals surface area (Å²) in [5.74, 6) is 0.000947. The molecule has 0 fully saturated rings. The van der Waals surface area contributed by atoms with E-state index in [4.69, 9.17) is 23.2 Å². The van der Waals surface area contributed by atoms with E-state index in [9.17, 15) is 4.79 Å². The molecule has 0 aliphatic rings. The van der Waals surface area contributed by atoms with Crippen molar-refractivity contribution in [2.24, 2.45) is 0 Å². The second kappa shape index (κ2) is 6.42. The molecule has 0 saturated heterocycles. The van der Waals surface area contributed by atoms with E-state index in [0.29, 0.717) is 16.5 Å². The third-order valence-corrected chi connectivity index (χ3v) is 4.35. The van der Waals surface area contributed by atoms with E-state index in [1.165, 1.54) is 0 Å². The number of carbonyl (C=O) groups excluding carboxylic acids is 1. The number of carbonyl (C=O) groups is 1. The van der Waals surface area contributed by atoms with Crippen LogP contribution in [0.5, 0.6) is 0 Å². The maximum Gasteiger partial charge on any atom is 0.225 e. The Morgan fingerprint density at radius 2 is 2.11 bits per heavy atom. The summed E-state index contributed by atoms with van der Waals surface area (Å²) in [6.45, 7) is 1.92. The van der Waals surface area contributed by atoms with Gasteiger partial charge in [-0.05, 0) is 36.1 Å². The van der Waals surface area contributed by atoms with Crippen molar-refractivity contribution in [2.75, 3.05) is 0 Å². The summed E-state index contributed by atoms with van der Waals surface area (Å²) < 4.78 is 0. The minimum absolute atomic E-state index is 0.000947. The number of thiophene rings is 1. The van der Waals surface area contributed by atoms with E-state index < -0.39 is 0 Å². The number of benzene rings is 1. The number of hydrogen-bond donors (Lipinski definition) is 1. The fourth-order valence-corrected chi connectivity index (χ4v) is 2.74. The molecule has 0 spiro atoms. The second-order valence-electron chi connectivity index (χ2n) is 4.22. The number of amides is 1. The van der Waals surface area contributed by atoms with Crippen molar-refractivity contribution in [3.63, 3.8) is 0 Å². The molecule has 2 rings (SSSR count). The van der Waals surface area contributed by atoms with Gasteiger partial charge in [-0.2, -0.15) is 0 Å². The molecule has 1 atom stereocenters. The zero-order valence-corrected chi connectivity index (χ0v) is 12.6. The first kappa shape index (κ1) is 14.4. The first-order valence-electron chi connectivity index (χ1n) is 5.83. The highest BCUT2D eigenvalue weighted by atomic mass is 35.5. The monoisotopic (exact) mass is 313 g/mol. The van der Waals surface area contributed by atoms with Gasteiger partial charge in [-0.1, -0.05) is 35.3 Å². The van der Waals surface area contributed by atoms with Gasteiger partial charge in [-0.25, -0.2) is 0 Å². The molecule has 0 aliphatic carbocycles. The molecule has 0 saturated carbocycles. The van der Waals surface area contributed by atoms with Crippen LogP contribution < -0.4 is 5.32 Å². The molecule has 2 nitrogen and oxygen atoms in total. The van der Waals surface area contributed by atoms with Gasteiger partial charge < -0.3 is 5.32 Å². The summed E-state index contributed by atoms with van der Waals surface area (Å²) in [5.41, 5.74) is 0.939. The topological polar surface area (TPSA) is 29.1 Å². The predicted molar refractivity (Wildman–Crippen MR) is 81.0 cm³/mol. The predicted octanol–water partition coefficient (Wildman–Crippen LogP) is 4.47. The first-order chi connectivity index (χ1) is 9.06. The second-order valence-corrected chi connectivity index (χ2v) is 6.07. The van der Waals surface area contributed by atoms with Crippen molar-refractivity contribution < 1.29 is 4.79 Å². The van der Waals surface area contributed by atoms with Gasteiger partial charge in [0.15, 0.2) is 0 Å². The quantitative estimate of drug-likeness (QED) is 0.886. The Bertz CT molecular complexity index is 569. The van der Waals surface area contributed by atoms with Crippen LogP contribution in [-0.2, 0) is 11.2 Å². The molecule has 1 heterocycles. The first-order valence-corrected chi connectivity index (χ1v) is 7.46. The molecular formula is C14H13Cl2NOS. The van der Waals surface area contributed by atoms with Crippen LogP contribution >= 0.6 is 34.5 Å². The van der Waals surface area contributed by atoms with E-state index in [2.05, 4.69) is 5.32 Å². The van der Waals surface area contributed by atoms with Gasteiger partial charge in [-0.3, -0.25) is 4.79 Å². The fraction of sp³-hybridized carbons (Fsp3) is 0.214. The lowest BCUT2D eigenvalue weighted by molar-refractivity contribution is -0.121. The molecule has 0 aliphatic heterocycles. The lowest BCUT2D eigenvalue weighted by Gasteiger charge is -2.14. The third-order valence-electron chi connectivity index (χ3n) is 2.74. The average Bonchev–Trinajstić information content (AvgIpc) is 2.85. The Hall–Kier alpha value is -1.03. The van der Waals surface area contributed by atoms with Crippen molar-refractivity contribution in [3.05, 3.63) is 56.2 Å². The summed E-state index contributed by atoms with van der Waals surface area (Å²) in [5, 5.41) is 5.93. The largest absolute Gasteiger partial charge is 0.349 e. The van der Waals surface area contributed by atoms with E-state index in [1.54, 1.807) is 23.5 Å². The number of rotatable bonds is 4. The smallest absolute Gasteiger partial charge is 0.225 e. The third kappa shape index (κ3) is 3.96. The molecule has 100 valence electrons. The van der Waals surface area contributed by atoms with Crippen LogP contribution in [0, 0.1) is 0 Å². The van der Waals surface area contributed by atoms with Crippen LogP contribution in [0.1, 0.15) is 23.4 Å². The van der Waals surface area contributed by atoms with Gasteiger partial charge in [-0.15, -0.1) is 11.3 Å². The van der Waals surface area contributed by atoms with Gasteiger partial charge in [0.05, 0.1) is 22.5 Å². The number of nitrogens with one attached hydrogen (secondary N) is 1. The van der Waals surface area contributed by atoms with Gasteiger partial charge in [0.2, 0.25) is 5.91 Å². The standard InChI is InChI=1S/C14H13Cl2NOS/c1-9(10-4-5-12(15)13(16)7-10)17-14(18)8-11-3-2-6-19-11/h2-7,9H,8H2,1H3,(H,17,18). The summed E-state index contributed by atoms with van der Waals surface area (Å²) in [6.07, 6.45) is 0.406. The zero-order chi connectivity index (χ0) is 13.8. The van der Waals surface area contributed by atoms with Crippen LogP contribution in [0.4, 0.5) is 0 Å². The molecule has 1 aromatic heterocycles. The van der Waals surface area contributed by atoms with Crippen LogP contribution in [0.3, 0.4) is 0 Å². The van der Waals surface area contributed by atoms with Crippen molar-refractivity contribution >= 4 is 40.4 Å². The van der Waals surface area contributed by atoms with E-state index >= 15 is 0 Å². The molecule has 1 amide bonds. The molecule has 1 unspecified atom stereocenters. The number of halogens is 2. The lowest BCUT2D eigenvalue weighted by Crippen LogP contribution is -2.27. The minimum Gasteiger partial charge on any atom is -0.349 e. The Labute approximate surface area is 126 Å². The number of hydrogen-bond acceptors (Lipinski definition) is 2. The van der Waals surface area contributed by atoms with E-state index in [-0.39, 0.29) is 11.9 Å². The Balaban J connectivity index is 1.98. The van der Waals surface area contributed by atoms with Crippen molar-refractivity contribution in [1.82, 2.24) is 5.32 Å². The molecule has 2 aromatic rings. The SMILES string of the molecule is CC(NC(=O)Cc1cccs1)c1ccc(Cl)c(Cl)c1. The van der Waals surface area contributed by atoms with Gasteiger partial charge >= 0.3 is 0 Å². The Kier molecular flexibility index (Phi) is 4.86. The van der Waals surface area contributed by atoms with Gasteiger partial charge in [0, 0.05) is 4.88 Å². The van der Waals surface area contributed by atoms with E-state index in [1.807, 2.05) is 30.5 Å². The van der Waals surface area contributed by atoms with Gasteiger partial charge in [0.25, 0.3) is 0 Å². The van der Waals surface area contributed by atoms with Gasteiger partial charge in [0.1, 0.15) is 0 Å². The van der Waals surface area contributed by atoms with Crippen LogP contribution in [0.25, 0.3) is 0 Å². The molecular weight excluding hydrogens is 301 g/mol. The molecule has 19 heavy (non-hydrogen) atoms. The Morgan fingerprint density at radius 1 is 1.32 bits per heavy atom. The van der Waals surface area contributed by atoms with Crippen molar-refractivity contribution in [1.29, 1.82) is 0 Å². The maximum atomic E-state index is 11.9. The fourth-order valence-electron chi connectivity index (χ4n) is 1.73. The normalized spacial score (nSPS) is 12.2. The summed E-state index contributed by atoms with van der Waals surface area (Å²) in [7, 11) is 0. The highest BCUT2D eigenvalue weighted by Gasteiger charge is 2.11. The molecule has 5 heteroatoms. The van der Waals surface area contributed by atoms with E-state index in [0.717, 1.165) is 10.4 Å². The molecule has 1 aromatic carbocycles. The average molecular weight is 314 g/mol. The summed E-state index contributed by atoms with van der Waals surface area (Å²) >= 11 is 13.4. The zero-order valence-electron chi connectivity index (χ0n) is 10.3. The summed E-state index contributed by atoms with van der Waals surface area (Å²) in [4.78, 5) is 12.9. The molecule has 1 N–H and O–H groups in total. The highest BCUT2D eigenvalue weighted by Crippen LogP contribution is 2.25. The lowest BCUT2D eigenvalue weighted by atomic mass is 10.1. The molecule has 0 radical (unpaired) electrons. The minimum atomic E-state index is -0.0952. The van der Waals surface area contributed by atoms with Crippen molar-refractivity contribution in [3.8, 4) is 0 Å². The highest BCUT2D eigenvalue weighted by molar-refractivity contribution is 7.10.